The van der Waals surface area contributed by atoms with Crippen molar-refractivity contribution in [3.63, 3.8) is 0 Å². The molecule has 0 unspecified atom stereocenters. The normalized spacial score (nSPS) is 16.8. The van der Waals surface area contributed by atoms with E-state index in [0.29, 0.717) is 18.8 Å². The van der Waals surface area contributed by atoms with Crippen molar-refractivity contribution in [1.82, 2.24) is 9.88 Å². The zero-order valence-electron chi connectivity index (χ0n) is 12.7. The van der Waals surface area contributed by atoms with Crippen LogP contribution in [0.4, 0.5) is 0 Å². The Morgan fingerprint density at radius 2 is 2.09 bits per heavy atom. The number of benzene rings is 1. The maximum atomic E-state index is 12.6. The molecule has 1 aliphatic heterocycles. The van der Waals surface area contributed by atoms with Gasteiger partial charge in [0.1, 0.15) is 29.8 Å². The first-order valence-electron chi connectivity index (χ1n) is 7.64. The number of likely N-dealkylation sites (tertiary alicyclic amines) is 1. The minimum absolute atomic E-state index is 0.0373. The highest BCUT2D eigenvalue weighted by molar-refractivity contribution is 5.92. The van der Waals surface area contributed by atoms with E-state index in [9.17, 15) is 4.79 Å². The highest BCUT2D eigenvalue weighted by atomic mass is 16.5. The molecular formula is C18H17N3O2. The Morgan fingerprint density at radius 3 is 2.87 bits per heavy atom. The van der Waals surface area contributed by atoms with Gasteiger partial charge in [0.25, 0.3) is 5.91 Å². The number of ether oxygens (including phenoxy) is 1. The lowest BCUT2D eigenvalue weighted by molar-refractivity contribution is 0.0685. The molecule has 1 aromatic carbocycles. The molecule has 0 bridgehead atoms. The third-order valence-electron chi connectivity index (χ3n) is 3.91. The molecule has 1 fully saturated rings. The van der Waals surface area contributed by atoms with Gasteiger partial charge in [0.2, 0.25) is 0 Å². The molecule has 0 spiro atoms. The lowest BCUT2D eigenvalue weighted by Crippen LogP contribution is -2.39. The van der Waals surface area contributed by atoms with Gasteiger partial charge in [0.05, 0.1) is 6.04 Å². The molecule has 1 amide bonds. The van der Waals surface area contributed by atoms with E-state index in [2.05, 4.69) is 4.98 Å². The average Bonchev–Trinajstić information content (AvgIpc) is 3.09. The smallest absolute Gasteiger partial charge is 0.272 e. The molecule has 3 rings (SSSR count). The van der Waals surface area contributed by atoms with Crippen molar-refractivity contribution in [2.75, 3.05) is 13.2 Å². The van der Waals surface area contributed by atoms with E-state index in [0.717, 1.165) is 18.6 Å². The van der Waals surface area contributed by atoms with Crippen molar-refractivity contribution in [3.8, 4) is 11.8 Å². The Morgan fingerprint density at radius 1 is 1.26 bits per heavy atom. The van der Waals surface area contributed by atoms with E-state index in [1.807, 2.05) is 36.4 Å². The zero-order chi connectivity index (χ0) is 16.1. The summed E-state index contributed by atoms with van der Waals surface area (Å²) in [5.74, 6) is 0.665. The third-order valence-corrected chi connectivity index (χ3v) is 3.91. The lowest BCUT2D eigenvalue weighted by atomic mass is 10.2. The fraction of sp³-hybridized carbons (Fsp3) is 0.278. The second kappa shape index (κ2) is 6.93. The van der Waals surface area contributed by atoms with E-state index >= 15 is 0 Å². The monoisotopic (exact) mass is 307 g/mol. The fourth-order valence-corrected chi connectivity index (χ4v) is 2.75. The van der Waals surface area contributed by atoms with Gasteiger partial charge in [-0.25, -0.2) is 4.98 Å². The number of hydrogen-bond donors (Lipinski definition) is 0. The third kappa shape index (κ3) is 3.49. The largest absolute Gasteiger partial charge is 0.491 e. The second-order valence-electron chi connectivity index (χ2n) is 5.44. The van der Waals surface area contributed by atoms with Crippen LogP contribution in [0.15, 0.2) is 48.5 Å². The predicted octanol–water partition coefficient (Wildman–Crippen LogP) is 2.64. The standard InChI is InChI=1S/C18H17N3O2/c19-12-14-6-4-10-17(20-14)18(22)21-11-5-7-15(21)13-23-16-8-2-1-3-9-16/h1-4,6,8-10,15H,5,7,11,13H2/t15-/m0/s1. The summed E-state index contributed by atoms with van der Waals surface area (Å²) in [5.41, 5.74) is 0.572. The van der Waals surface area contributed by atoms with Crippen molar-refractivity contribution in [2.24, 2.45) is 0 Å². The Balaban J connectivity index is 1.68. The highest BCUT2D eigenvalue weighted by Gasteiger charge is 2.30. The van der Waals surface area contributed by atoms with Crippen molar-refractivity contribution in [3.05, 3.63) is 59.9 Å². The van der Waals surface area contributed by atoms with E-state index < -0.39 is 0 Å². The Kier molecular flexibility index (Phi) is 4.53. The maximum absolute atomic E-state index is 12.6. The molecule has 0 N–H and O–H groups in total. The lowest BCUT2D eigenvalue weighted by Gasteiger charge is -2.24. The summed E-state index contributed by atoms with van der Waals surface area (Å²) in [6.45, 7) is 1.16. The number of nitrogens with zero attached hydrogens (tertiary/aromatic N) is 3. The molecule has 0 aliphatic carbocycles. The van der Waals surface area contributed by atoms with Crippen LogP contribution in [0, 0.1) is 11.3 Å². The molecule has 1 aliphatic rings. The van der Waals surface area contributed by atoms with Crippen LogP contribution in [0.2, 0.25) is 0 Å². The molecule has 1 saturated heterocycles. The van der Waals surface area contributed by atoms with Gasteiger partial charge in [-0.1, -0.05) is 24.3 Å². The van der Waals surface area contributed by atoms with Gasteiger partial charge in [-0.15, -0.1) is 0 Å². The van der Waals surface area contributed by atoms with Crippen LogP contribution in [0.5, 0.6) is 5.75 Å². The summed E-state index contributed by atoms with van der Waals surface area (Å²) in [5, 5.41) is 8.91. The Hall–Kier alpha value is -2.87. The Bertz CT molecular complexity index is 725. The molecule has 23 heavy (non-hydrogen) atoms. The Labute approximate surface area is 135 Å². The van der Waals surface area contributed by atoms with Crippen molar-refractivity contribution >= 4 is 5.91 Å². The minimum atomic E-state index is -0.138. The molecule has 1 aromatic heterocycles. The first-order chi connectivity index (χ1) is 11.3. The number of para-hydroxylation sites is 1. The molecule has 5 heteroatoms. The first kappa shape index (κ1) is 15.0. The zero-order valence-corrected chi connectivity index (χ0v) is 12.7. The topological polar surface area (TPSA) is 66.2 Å². The van der Waals surface area contributed by atoms with Crippen LogP contribution in [0.1, 0.15) is 29.0 Å². The van der Waals surface area contributed by atoms with Gasteiger partial charge in [0.15, 0.2) is 0 Å². The van der Waals surface area contributed by atoms with Gasteiger partial charge >= 0.3 is 0 Å². The van der Waals surface area contributed by atoms with E-state index in [1.165, 1.54) is 0 Å². The van der Waals surface area contributed by atoms with Gasteiger partial charge in [-0.05, 0) is 37.1 Å². The number of carbonyl (C=O) groups is 1. The molecule has 116 valence electrons. The molecule has 1 atom stereocenters. The number of carbonyl (C=O) groups excluding carboxylic acids is 1. The van der Waals surface area contributed by atoms with Crippen LogP contribution >= 0.6 is 0 Å². The van der Waals surface area contributed by atoms with Crippen LogP contribution in [0.25, 0.3) is 0 Å². The number of aromatic nitrogens is 1. The first-order valence-corrected chi connectivity index (χ1v) is 7.64. The van der Waals surface area contributed by atoms with Gasteiger partial charge in [-0.2, -0.15) is 5.26 Å². The van der Waals surface area contributed by atoms with Gasteiger partial charge < -0.3 is 9.64 Å². The maximum Gasteiger partial charge on any atom is 0.272 e. The number of nitriles is 1. The van der Waals surface area contributed by atoms with Gasteiger partial charge in [0, 0.05) is 6.54 Å². The van der Waals surface area contributed by atoms with Crippen molar-refractivity contribution in [1.29, 1.82) is 5.26 Å². The predicted molar refractivity (Wildman–Crippen MR) is 84.9 cm³/mol. The minimum Gasteiger partial charge on any atom is -0.491 e. The molecule has 2 aromatic rings. The molecule has 0 radical (unpaired) electrons. The van der Waals surface area contributed by atoms with E-state index in [-0.39, 0.29) is 17.6 Å². The molecular weight excluding hydrogens is 290 g/mol. The number of hydrogen-bond acceptors (Lipinski definition) is 4. The quantitative estimate of drug-likeness (QED) is 0.871. The van der Waals surface area contributed by atoms with Crippen LogP contribution < -0.4 is 4.74 Å². The molecule has 0 saturated carbocycles. The summed E-state index contributed by atoms with van der Waals surface area (Å²) in [6.07, 6.45) is 1.86. The highest BCUT2D eigenvalue weighted by Crippen LogP contribution is 2.21. The van der Waals surface area contributed by atoms with E-state index in [1.54, 1.807) is 23.1 Å². The summed E-state index contributed by atoms with van der Waals surface area (Å²) >= 11 is 0. The van der Waals surface area contributed by atoms with Gasteiger partial charge in [-0.3, -0.25) is 4.79 Å². The summed E-state index contributed by atoms with van der Waals surface area (Å²) in [7, 11) is 0. The second-order valence-corrected chi connectivity index (χ2v) is 5.44. The van der Waals surface area contributed by atoms with Crippen LogP contribution in [-0.2, 0) is 0 Å². The SMILES string of the molecule is N#Cc1cccc(C(=O)N2CCC[C@H]2COc2ccccc2)n1. The number of rotatable bonds is 4. The van der Waals surface area contributed by atoms with Crippen LogP contribution in [0.3, 0.4) is 0 Å². The summed E-state index contributed by atoms with van der Waals surface area (Å²) in [4.78, 5) is 18.5. The average molecular weight is 307 g/mol. The number of pyridine rings is 1. The summed E-state index contributed by atoms with van der Waals surface area (Å²) < 4.78 is 5.78. The van der Waals surface area contributed by atoms with Crippen LogP contribution in [-0.4, -0.2) is 35.0 Å². The van der Waals surface area contributed by atoms with E-state index in [4.69, 9.17) is 10.00 Å². The number of amides is 1. The molecule has 5 nitrogen and oxygen atoms in total. The molecule has 2 heterocycles. The fourth-order valence-electron chi connectivity index (χ4n) is 2.75. The van der Waals surface area contributed by atoms with Crippen molar-refractivity contribution in [2.45, 2.75) is 18.9 Å². The van der Waals surface area contributed by atoms with Crippen molar-refractivity contribution < 1.29 is 9.53 Å². The summed E-state index contributed by atoms with van der Waals surface area (Å²) in [6, 6.07) is 16.5.